The predicted molar refractivity (Wildman–Crippen MR) is 78.8 cm³/mol. The van der Waals surface area contributed by atoms with Crippen LogP contribution in [0.4, 0.5) is 0 Å². The summed E-state index contributed by atoms with van der Waals surface area (Å²) in [5.74, 6) is 0.365. The summed E-state index contributed by atoms with van der Waals surface area (Å²) in [6.45, 7) is 6.14. The number of aryl methyl sites for hydroxylation is 1. The molecule has 108 valence electrons. The van der Waals surface area contributed by atoms with Crippen molar-refractivity contribution >= 4 is 21.6 Å². The molecule has 0 aliphatic rings. The Kier molecular flexibility index (Phi) is 5.80. The number of hydrogen-bond acceptors (Lipinski definition) is 3. The van der Waals surface area contributed by atoms with Crippen molar-refractivity contribution in [3.8, 4) is 0 Å². The molecule has 0 heterocycles. The average molecular weight is 305 g/mol. The van der Waals surface area contributed by atoms with Gasteiger partial charge in [0.2, 0.25) is 10.0 Å². The van der Waals surface area contributed by atoms with Crippen molar-refractivity contribution in [1.29, 1.82) is 0 Å². The zero-order valence-corrected chi connectivity index (χ0v) is 13.1. The predicted octanol–water partition coefficient (Wildman–Crippen LogP) is 2.30. The first kappa shape index (κ1) is 16.4. The van der Waals surface area contributed by atoms with Gasteiger partial charge in [0.15, 0.2) is 0 Å². The van der Waals surface area contributed by atoms with Crippen molar-refractivity contribution in [2.45, 2.75) is 38.1 Å². The third-order valence-electron chi connectivity index (χ3n) is 2.74. The maximum atomic E-state index is 12.3. The summed E-state index contributed by atoms with van der Waals surface area (Å²) in [5, 5.41) is 0.221. The van der Waals surface area contributed by atoms with E-state index in [-0.39, 0.29) is 22.5 Å². The molecule has 0 aliphatic heterocycles. The van der Waals surface area contributed by atoms with E-state index in [1.807, 2.05) is 20.8 Å². The molecule has 1 rings (SSSR count). The number of sulfonamides is 1. The molecule has 0 radical (unpaired) electrons. The van der Waals surface area contributed by atoms with Gasteiger partial charge in [-0.05, 0) is 37.0 Å². The van der Waals surface area contributed by atoms with E-state index in [1.54, 1.807) is 18.2 Å². The topological polar surface area (TPSA) is 72.2 Å². The van der Waals surface area contributed by atoms with Gasteiger partial charge < -0.3 is 5.73 Å². The zero-order chi connectivity index (χ0) is 14.6. The molecule has 1 atom stereocenters. The fourth-order valence-corrected chi connectivity index (χ4v) is 3.71. The van der Waals surface area contributed by atoms with Gasteiger partial charge in [0.1, 0.15) is 4.90 Å². The molecule has 3 N–H and O–H groups in total. The van der Waals surface area contributed by atoms with Crippen LogP contribution in [0.2, 0.25) is 5.02 Å². The minimum atomic E-state index is -3.63. The summed E-state index contributed by atoms with van der Waals surface area (Å²) < 4.78 is 27.2. The van der Waals surface area contributed by atoms with Crippen molar-refractivity contribution in [3.05, 3.63) is 28.8 Å². The molecule has 6 heteroatoms. The first-order valence-corrected chi connectivity index (χ1v) is 8.11. The van der Waals surface area contributed by atoms with Crippen LogP contribution in [0.3, 0.4) is 0 Å². The Labute approximate surface area is 120 Å². The summed E-state index contributed by atoms with van der Waals surface area (Å²) in [6.07, 6.45) is 0.694. The lowest BCUT2D eigenvalue weighted by Gasteiger charge is -2.19. The van der Waals surface area contributed by atoms with Gasteiger partial charge in [0.05, 0.1) is 5.02 Å². The molecule has 1 aromatic rings. The molecular formula is C13H21ClN2O2S. The van der Waals surface area contributed by atoms with E-state index in [1.165, 1.54) is 0 Å². The Morgan fingerprint density at radius 3 is 2.53 bits per heavy atom. The van der Waals surface area contributed by atoms with Crippen LogP contribution >= 0.6 is 11.6 Å². The van der Waals surface area contributed by atoms with Gasteiger partial charge in [-0.1, -0.05) is 31.5 Å². The van der Waals surface area contributed by atoms with E-state index >= 15 is 0 Å². The van der Waals surface area contributed by atoms with E-state index in [0.29, 0.717) is 12.3 Å². The summed E-state index contributed by atoms with van der Waals surface area (Å²) >= 11 is 5.96. The molecule has 19 heavy (non-hydrogen) atoms. The molecule has 1 aromatic carbocycles. The first-order chi connectivity index (χ1) is 8.76. The van der Waals surface area contributed by atoms with Gasteiger partial charge in [-0.3, -0.25) is 0 Å². The van der Waals surface area contributed by atoms with Crippen LogP contribution < -0.4 is 10.5 Å². The van der Waals surface area contributed by atoms with Crippen molar-refractivity contribution in [2.75, 3.05) is 6.54 Å². The second kappa shape index (κ2) is 6.70. The summed E-state index contributed by atoms with van der Waals surface area (Å²) in [7, 11) is -3.63. The molecule has 0 saturated heterocycles. The Hall–Kier alpha value is -0.620. The molecule has 0 amide bonds. The standard InChI is InChI=1S/C13H21ClN2O2S/c1-9(2)6-11(8-15)16-19(17,18)13-7-10(3)4-5-12(13)14/h4-5,7,9,11,16H,6,8,15H2,1-3H3. The van der Waals surface area contributed by atoms with E-state index in [4.69, 9.17) is 17.3 Å². The molecule has 0 fully saturated rings. The minimum absolute atomic E-state index is 0.108. The lowest BCUT2D eigenvalue weighted by Crippen LogP contribution is -2.41. The smallest absolute Gasteiger partial charge is 0.242 e. The SMILES string of the molecule is Cc1ccc(Cl)c(S(=O)(=O)NC(CN)CC(C)C)c1. The van der Waals surface area contributed by atoms with Crippen molar-refractivity contribution in [3.63, 3.8) is 0 Å². The van der Waals surface area contributed by atoms with Crippen LogP contribution in [0.15, 0.2) is 23.1 Å². The number of nitrogens with one attached hydrogen (secondary N) is 1. The monoisotopic (exact) mass is 304 g/mol. The Bertz CT molecular complexity index is 529. The van der Waals surface area contributed by atoms with E-state index in [0.717, 1.165) is 5.56 Å². The lowest BCUT2D eigenvalue weighted by atomic mass is 10.1. The number of rotatable bonds is 6. The highest BCUT2D eigenvalue weighted by atomic mass is 35.5. The molecule has 1 unspecified atom stereocenters. The third-order valence-corrected chi connectivity index (χ3v) is 4.74. The van der Waals surface area contributed by atoms with Crippen LogP contribution in [-0.2, 0) is 10.0 Å². The first-order valence-electron chi connectivity index (χ1n) is 6.24. The van der Waals surface area contributed by atoms with Crippen molar-refractivity contribution < 1.29 is 8.42 Å². The number of hydrogen-bond donors (Lipinski definition) is 2. The molecule has 4 nitrogen and oxygen atoms in total. The second-order valence-corrected chi connectivity index (χ2v) is 7.21. The minimum Gasteiger partial charge on any atom is -0.329 e. The van der Waals surface area contributed by atoms with Gasteiger partial charge in [-0.2, -0.15) is 0 Å². The van der Waals surface area contributed by atoms with Gasteiger partial charge in [0, 0.05) is 12.6 Å². The van der Waals surface area contributed by atoms with Crippen molar-refractivity contribution in [2.24, 2.45) is 11.7 Å². The summed E-state index contributed by atoms with van der Waals surface area (Å²) in [6, 6.07) is 4.65. The quantitative estimate of drug-likeness (QED) is 0.847. The highest BCUT2D eigenvalue weighted by Gasteiger charge is 2.22. The van der Waals surface area contributed by atoms with E-state index < -0.39 is 10.0 Å². The normalized spacial score (nSPS) is 13.8. The van der Waals surface area contributed by atoms with Crippen LogP contribution in [0, 0.1) is 12.8 Å². The molecule has 0 spiro atoms. The Morgan fingerprint density at radius 2 is 2.00 bits per heavy atom. The average Bonchev–Trinajstić information content (AvgIpc) is 2.30. The number of benzene rings is 1. The molecule has 0 bridgehead atoms. The van der Waals surface area contributed by atoms with Gasteiger partial charge in [0.25, 0.3) is 0 Å². The van der Waals surface area contributed by atoms with Crippen LogP contribution in [0.1, 0.15) is 25.8 Å². The Balaban J connectivity index is 3.00. The van der Waals surface area contributed by atoms with Crippen molar-refractivity contribution in [1.82, 2.24) is 4.72 Å². The van der Waals surface area contributed by atoms with Gasteiger partial charge >= 0.3 is 0 Å². The fraction of sp³-hybridized carbons (Fsp3) is 0.538. The van der Waals surface area contributed by atoms with Crippen LogP contribution in [0.5, 0.6) is 0 Å². The fourth-order valence-electron chi connectivity index (χ4n) is 1.86. The van der Waals surface area contributed by atoms with Gasteiger partial charge in [-0.25, -0.2) is 13.1 Å². The molecular weight excluding hydrogens is 284 g/mol. The summed E-state index contributed by atoms with van der Waals surface area (Å²) in [4.78, 5) is 0.108. The van der Waals surface area contributed by atoms with Crippen LogP contribution in [-0.4, -0.2) is 21.0 Å². The number of halogens is 1. The maximum absolute atomic E-state index is 12.3. The highest BCUT2D eigenvalue weighted by molar-refractivity contribution is 7.89. The summed E-state index contributed by atoms with van der Waals surface area (Å²) in [5.41, 5.74) is 6.46. The molecule has 0 aliphatic carbocycles. The van der Waals surface area contributed by atoms with Gasteiger partial charge in [-0.15, -0.1) is 0 Å². The van der Waals surface area contributed by atoms with E-state index in [9.17, 15) is 8.42 Å². The number of nitrogens with two attached hydrogens (primary N) is 1. The maximum Gasteiger partial charge on any atom is 0.242 e. The largest absolute Gasteiger partial charge is 0.329 e. The highest BCUT2D eigenvalue weighted by Crippen LogP contribution is 2.22. The Morgan fingerprint density at radius 1 is 1.37 bits per heavy atom. The molecule has 0 aromatic heterocycles. The zero-order valence-electron chi connectivity index (χ0n) is 11.5. The van der Waals surface area contributed by atoms with E-state index in [2.05, 4.69) is 4.72 Å². The lowest BCUT2D eigenvalue weighted by molar-refractivity contribution is 0.465. The molecule has 0 saturated carbocycles. The van der Waals surface area contributed by atoms with Crippen LogP contribution in [0.25, 0.3) is 0 Å². The third kappa shape index (κ3) is 4.76. The second-order valence-electron chi connectivity index (χ2n) is 5.12.